The van der Waals surface area contributed by atoms with Crippen LogP contribution in [0, 0.1) is 0 Å². The molecule has 0 bridgehead atoms. The lowest BCUT2D eigenvalue weighted by atomic mass is 9.93. The zero-order valence-corrected chi connectivity index (χ0v) is 22.5. The van der Waals surface area contributed by atoms with Gasteiger partial charge in [-0.05, 0) is 55.9 Å². The first-order valence-corrected chi connectivity index (χ1v) is 13.5. The number of hydrogen-bond acceptors (Lipinski definition) is 7. The van der Waals surface area contributed by atoms with Gasteiger partial charge in [0.1, 0.15) is 12.4 Å². The van der Waals surface area contributed by atoms with Crippen LogP contribution in [0.3, 0.4) is 0 Å². The number of ether oxygens (including phenoxy) is 2. The summed E-state index contributed by atoms with van der Waals surface area (Å²) in [6.45, 7) is 8.32. The summed E-state index contributed by atoms with van der Waals surface area (Å²) in [5.41, 5.74) is 3.78. The summed E-state index contributed by atoms with van der Waals surface area (Å²) in [5.74, 6) is 0.215. The average Bonchev–Trinajstić information content (AvgIpc) is 3.28. The van der Waals surface area contributed by atoms with Gasteiger partial charge < -0.3 is 19.7 Å². The van der Waals surface area contributed by atoms with Crippen LogP contribution >= 0.6 is 11.8 Å². The number of hydrogen-bond donors (Lipinski definition) is 1. The highest BCUT2D eigenvalue weighted by atomic mass is 32.2. The van der Waals surface area contributed by atoms with Crippen molar-refractivity contribution in [2.45, 2.75) is 59.2 Å². The topological polar surface area (TPSA) is 80.2 Å². The predicted molar refractivity (Wildman–Crippen MR) is 147 cm³/mol. The molecule has 0 fully saturated rings. The van der Waals surface area contributed by atoms with Crippen molar-refractivity contribution in [2.24, 2.45) is 4.99 Å². The fraction of sp³-hybridized carbons (Fsp3) is 0.345. The maximum absolute atomic E-state index is 13.2. The van der Waals surface area contributed by atoms with E-state index in [1.807, 2.05) is 85.7 Å². The van der Waals surface area contributed by atoms with Crippen LogP contribution in [0.2, 0.25) is 0 Å². The molecule has 0 aliphatic carbocycles. The van der Waals surface area contributed by atoms with Crippen molar-refractivity contribution in [3.05, 3.63) is 88.1 Å². The van der Waals surface area contributed by atoms with Crippen LogP contribution in [0.15, 0.2) is 82.0 Å². The van der Waals surface area contributed by atoms with Gasteiger partial charge >= 0.3 is 5.97 Å². The van der Waals surface area contributed by atoms with E-state index in [0.29, 0.717) is 23.6 Å². The van der Waals surface area contributed by atoms with Gasteiger partial charge in [0.25, 0.3) is 0 Å². The largest absolute Gasteiger partial charge is 0.489 e. The monoisotopic (exact) mass is 519 g/mol. The molecule has 194 valence electrons. The van der Waals surface area contributed by atoms with Gasteiger partial charge in [0, 0.05) is 11.7 Å². The minimum Gasteiger partial charge on any atom is -0.489 e. The number of carbonyl (C=O) groups excluding carboxylic acids is 2. The minimum absolute atomic E-state index is 0.0647. The van der Waals surface area contributed by atoms with Crippen LogP contribution in [0.25, 0.3) is 0 Å². The molecule has 8 heteroatoms. The SMILES string of the molecule is CCOC(=O)C1=C(C)N=C2SC=C(CC(=O)N[C@@H](C)CC)N2[C@H]1c1cccc(OCc2ccccc2)c1. The highest BCUT2D eigenvalue weighted by Gasteiger charge is 2.41. The van der Waals surface area contributed by atoms with Gasteiger partial charge in [-0.1, -0.05) is 61.2 Å². The molecule has 0 aromatic heterocycles. The summed E-state index contributed by atoms with van der Waals surface area (Å²) >= 11 is 1.46. The summed E-state index contributed by atoms with van der Waals surface area (Å²) in [4.78, 5) is 32.7. The maximum atomic E-state index is 13.2. The molecule has 1 N–H and O–H groups in total. The van der Waals surface area contributed by atoms with E-state index in [1.165, 1.54) is 11.8 Å². The molecule has 1 amide bonds. The number of nitrogens with one attached hydrogen (secondary N) is 1. The third kappa shape index (κ3) is 6.25. The molecule has 2 aromatic carbocycles. The predicted octanol–water partition coefficient (Wildman–Crippen LogP) is 5.71. The molecule has 0 radical (unpaired) electrons. The molecule has 2 aromatic rings. The van der Waals surface area contributed by atoms with Crippen LogP contribution in [-0.2, 0) is 20.9 Å². The fourth-order valence-electron chi connectivity index (χ4n) is 4.26. The van der Waals surface area contributed by atoms with Crippen LogP contribution in [0.4, 0.5) is 0 Å². The van der Waals surface area contributed by atoms with Crippen molar-refractivity contribution in [1.29, 1.82) is 0 Å². The van der Waals surface area contributed by atoms with Crippen LogP contribution < -0.4 is 10.1 Å². The highest BCUT2D eigenvalue weighted by molar-refractivity contribution is 8.16. The lowest BCUT2D eigenvalue weighted by Gasteiger charge is -2.36. The number of amidine groups is 1. The number of fused-ring (bicyclic) bond motifs is 1. The molecule has 0 unspecified atom stereocenters. The Morgan fingerprint density at radius 1 is 1.14 bits per heavy atom. The highest BCUT2D eigenvalue weighted by Crippen LogP contribution is 2.45. The van der Waals surface area contributed by atoms with E-state index < -0.39 is 12.0 Å². The fourth-order valence-corrected chi connectivity index (χ4v) is 5.23. The first kappa shape index (κ1) is 26.5. The van der Waals surface area contributed by atoms with E-state index >= 15 is 0 Å². The third-order valence-electron chi connectivity index (χ3n) is 6.28. The third-order valence-corrected chi connectivity index (χ3v) is 7.17. The number of esters is 1. The lowest BCUT2D eigenvalue weighted by Crippen LogP contribution is -2.39. The summed E-state index contributed by atoms with van der Waals surface area (Å²) in [6.07, 6.45) is 1.04. The zero-order valence-electron chi connectivity index (χ0n) is 21.7. The van der Waals surface area contributed by atoms with Gasteiger partial charge in [-0.2, -0.15) is 0 Å². The quantitative estimate of drug-likeness (QED) is 0.405. The van der Waals surface area contributed by atoms with Crippen molar-refractivity contribution in [2.75, 3.05) is 6.61 Å². The van der Waals surface area contributed by atoms with Crippen molar-refractivity contribution in [3.8, 4) is 5.75 Å². The number of aliphatic imine (C=N–C) groups is 1. The number of allylic oxidation sites excluding steroid dienone is 1. The molecule has 0 saturated heterocycles. The summed E-state index contributed by atoms with van der Waals surface area (Å²) < 4.78 is 11.5. The van der Waals surface area contributed by atoms with Gasteiger partial charge in [0.05, 0.1) is 30.3 Å². The number of nitrogens with zero attached hydrogens (tertiary/aromatic N) is 2. The summed E-state index contributed by atoms with van der Waals surface area (Å²) in [7, 11) is 0. The molecule has 0 saturated carbocycles. The number of amides is 1. The molecular formula is C29H33N3O4S. The molecule has 4 rings (SSSR count). The van der Waals surface area contributed by atoms with E-state index in [1.54, 1.807) is 6.92 Å². The van der Waals surface area contributed by atoms with Gasteiger partial charge in [-0.25, -0.2) is 9.79 Å². The average molecular weight is 520 g/mol. The van der Waals surface area contributed by atoms with Gasteiger partial charge in [0.2, 0.25) is 5.91 Å². The van der Waals surface area contributed by atoms with Crippen molar-refractivity contribution in [1.82, 2.24) is 10.2 Å². The Morgan fingerprint density at radius 2 is 1.92 bits per heavy atom. The second kappa shape index (κ2) is 12.1. The van der Waals surface area contributed by atoms with E-state index in [-0.39, 0.29) is 25.0 Å². The molecule has 37 heavy (non-hydrogen) atoms. The van der Waals surface area contributed by atoms with Crippen LogP contribution in [0.5, 0.6) is 5.75 Å². The zero-order chi connectivity index (χ0) is 26.4. The Labute approximate surface area is 222 Å². The van der Waals surface area contributed by atoms with Crippen LogP contribution in [0.1, 0.15) is 57.7 Å². The summed E-state index contributed by atoms with van der Waals surface area (Å²) in [6, 6.07) is 17.3. The maximum Gasteiger partial charge on any atom is 0.338 e. The van der Waals surface area contributed by atoms with E-state index in [0.717, 1.165) is 28.4 Å². The Balaban J connectivity index is 1.67. The lowest BCUT2D eigenvalue weighted by molar-refractivity contribution is -0.139. The molecule has 2 aliphatic heterocycles. The first-order valence-electron chi connectivity index (χ1n) is 12.6. The van der Waals surface area contributed by atoms with Gasteiger partial charge in [-0.3, -0.25) is 4.79 Å². The van der Waals surface area contributed by atoms with Crippen molar-refractivity contribution >= 4 is 28.8 Å². The molecule has 0 spiro atoms. The van der Waals surface area contributed by atoms with Gasteiger partial charge in [0.15, 0.2) is 5.17 Å². The smallest absolute Gasteiger partial charge is 0.338 e. The summed E-state index contributed by atoms with van der Waals surface area (Å²) in [5, 5.41) is 5.71. The second-order valence-electron chi connectivity index (χ2n) is 9.01. The number of benzene rings is 2. The van der Waals surface area contributed by atoms with Gasteiger partial charge in [-0.15, -0.1) is 0 Å². The second-order valence-corrected chi connectivity index (χ2v) is 9.85. The van der Waals surface area contributed by atoms with E-state index in [4.69, 9.17) is 14.5 Å². The Morgan fingerprint density at radius 3 is 2.65 bits per heavy atom. The van der Waals surface area contributed by atoms with Crippen LogP contribution in [-0.4, -0.2) is 34.6 Å². The number of carbonyl (C=O) groups is 2. The normalized spacial score (nSPS) is 17.5. The Bertz CT molecular complexity index is 1240. The minimum atomic E-state index is -0.496. The molecule has 2 heterocycles. The molecule has 2 aliphatic rings. The Kier molecular flexibility index (Phi) is 8.71. The van der Waals surface area contributed by atoms with Crippen molar-refractivity contribution in [3.63, 3.8) is 0 Å². The number of thioether (sulfide) groups is 1. The van der Waals surface area contributed by atoms with Crippen molar-refractivity contribution < 1.29 is 19.1 Å². The molecule has 7 nitrogen and oxygen atoms in total. The van der Waals surface area contributed by atoms with E-state index in [2.05, 4.69) is 5.32 Å². The first-order chi connectivity index (χ1) is 17.9. The standard InChI is InChI=1S/C29H33N3O4S/c1-5-19(3)30-25(33)16-23-18-37-29-31-20(4)26(28(34)35-6-2)27(32(23)29)22-13-10-14-24(15-22)36-17-21-11-8-7-9-12-21/h7-15,18-19,27H,5-6,16-17H2,1-4H3,(H,30,33)/t19-,27-/m0/s1. The molecule has 2 atom stereocenters. The number of rotatable bonds is 10. The Hall–Kier alpha value is -3.52. The molecular weight excluding hydrogens is 486 g/mol. The van der Waals surface area contributed by atoms with E-state index in [9.17, 15) is 9.59 Å².